The third kappa shape index (κ3) is 3.77. The van der Waals surface area contributed by atoms with Gasteiger partial charge in [0, 0.05) is 42.0 Å². The molecule has 1 N–H and O–H groups in total. The van der Waals surface area contributed by atoms with Gasteiger partial charge in [-0.1, -0.05) is 41.9 Å². The molecule has 2 unspecified atom stereocenters. The molecule has 6 heteroatoms. The molecule has 1 saturated heterocycles. The highest BCUT2D eigenvalue weighted by Crippen LogP contribution is 2.60. The molecule has 2 aliphatic carbocycles. The molecular weight excluding hydrogens is 415 g/mol. The highest BCUT2D eigenvalue weighted by molar-refractivity contribution is 6.30. The van der Waals surface area contributed by atoms with Gasteiger partial charge in [-0.15, -0.1) is 0 Å². The number of halogens is 2. The van der Waals surface area contributed by atoms with Crippen LogP contribution in [0.2, 0.25) is 5.02 Å². The predicted octanol–water partition coefficient (Wildman–Crippen LogP) is 4.04. The fourth-order valence-electron chi connectivity index (χ4n) is 5.93. The third-order valence-corrected chi connectivity index (χ3v) is 7.45. The first-order chi connectivity index (χ1) is 15.1. The average molecular weight is 443 g/mol. The first-order valence-electron chi connectivity index (χ1n) is 11.2. The number of piperidine rings is 1. The Morgan fingerprint density at radius 1 is 1.16 bits per heavy atom. The second kappa shape index (κ2) is 8.53. The number of alkyl halides is 1. The summed E-state index contributed by atoms with van der Waals surface area (Å²) in [4.78, 5) is 14.5. The maximum Gasteiger partial charge on any atom is 0.246 e. The summed E-state index contributed by atoms with van der Waals surface area (Å²) in [5.74, 6) is 0.307. The minimum Gasteiger partial charge on any atom is -0.369 e. The van der Waals surface area contributed by atoms with Gasteiger partial charge in [0.1, 0.15) is 13.3 Å². The van der Waals surface area contributed by atoms with Crippen LogP contribution in [0.15, 0.2) is 42.5 Å². The average Bonchev–Trinajstić information content (AvgIpc) is 3.27. The van der Waals surface area contributed by atoms with Gasteiger partial charge in [-0.3, -0.25) is 4.79 Å². The summed E-state index contributed by atoms with van der Waals surface area (Å²) in [7, 11) is 0. The molecule has 4 nitrogen and oxygen atoms in total. The smallest absolute Gasteiger partial charge is 0.246 e. The lowest BCUT2D eigenvalue weighted by atomic mass is 9.74. The van der Waals surface area contributed by atoms with Crippen molar-refractivity contribution in [3.8, 4) is 0 Å². The van der Waals surface area contributed by atoms with Crippen LogP contribution in [0.3, 0.4) is 0 Å². The van der Waals surface area contributed by atoms with Crippen molar-refractivity contribution >= 4 is 17.5 Å². The number of benzene rings is 2. The van der Waals surface area contributed by atoms with Gasteiger partial charge in [-0.25, -0.2) is 4.39 Å². The SMILES string of the molecule is O=C(COCCF)NC1CCN(CC23CC(c4ccccc42)c2ccc(Cl)cc23)CC1. The number of hydrogen-bond acceptors (Lipinski definition) is 3. The van der Waals surface area contributed by atoms with E-state index in [9.17, 15) is 9.18 Å². The molecule has 1 fully saturated rings. The number of fused-ring (bicyclic) bond motifs is 8. The molecular formula is C25H28ClFN2O2. The molecule has 1 heterocycles. The molecule has 1 amide bonds. The highest BCUT2D eigenvalue weighted by atomic mass is 35.5. The zero-order valence-electron chi connectivity index (χ0n) is 17.6. The van der Waals surface area contributed by atoms with Crippen molar-refractivity contribution in [2.75, 3.05) is 39.5 Å². The molecule has 0 radical (unpaired) electrons. The number of amides is 1. The number of rotatable bonds is 7. The van der Waals surface area contributed by atoms with E-state index in [1.54, 1.807) is 0 Å². The zero-order chi connectivity index (χ0) is 21.4. The quantitative estimate of drug-likeness (QED) is 0.658. The van der Waals surface area contributed by atoms with Crippen LogP contribution in [-0.2, 0) is 14.9 Å². The number of nitrogens with one attached hydrogen (secondary N) is 1. The first-order valence-corrected chi connectivity index (χ1v) is 11.5. The molecule has 0 spiro atoms. The van der Waals surface area contributed by atoms with Crippen LogP contribution in [-0.4, -0.2) is 56.4 Å². The van der Waals surface area contributed by atoms with E-state index in [4.69, 9.17) is 16.3 Å². The van der Waals surface area contributed by atoms with Crippen molar-refractivity contribution in [2.24, 2.45) is 0 Å². The molecule has 31 heavy (non-hydrogen) atoms. The molecule has 2 atom stereocenters. The Hall–Kier alpha value is -1.95. The predicted molar refractivity (Wildman–Crippen MR) is 120 cm³/mol. The number of ether oxygens (including phenoxy) is 1. The molecule has 1 aliphatic heterocycles. The van der Waals surface area contributed by atoms with E-state index >= 15 is 0 Å². The normalized spacial score (nSPS) is 24.8. The van der Waals surface area contributed by atoms with E-state index in [0.29, 0.717) is 5.92 Å². The first kappa shape index (κ1) is 20.9. The van der Waals surface area contributed by atoms with Crippen molar-refractivity contribution < 1.29 is 13.9 Å². The van der Waals surface area contributed by atoms with Crippen molar-refractivity contribution in [1.29, 1.82) is 0 Å². The lowest BCUT2D eigenvalue weighted by Crippen LogP contribution is -2.49. The van der Waals surface area contributed by atoms with Gasteiger partial charge in [0.25, 0.3) is 0 Å². The largest absolute Gasteiger partial charge is 0.369 e. The Labute approximate surface area is 187 Å². The fraction of sp³-hybridized carbons (Fsp3) is 0.480. The van der Waals surface area contributed by atoms with Gasteiger partial charge in [-0.05, 0) is 53.6 Å². The molecule has 0 saturated carbocycles. The maximum atomic E-state index is 12.1. The summed E-state index contributed by atoms with van der Waals surface area (Å²) < 4.78 is 17.1. The minimum atomic E-state index is -0.564. The zero-order valence-corrected chi connectivity index (χ0v) is 18.3. The second-order valence-corrected chi connectivity index (χ2v) is 9.45. The lowest BCUT2D eigenvalue weighted by molar-refractivity contribution is -0.126. The van der Waals surface area contributed by atoms with Crippen LogP contribution >= 0.6 is 11.6 Å². The Kier molecular flexibility index (Phi) is 5.76. The third-order valence-electron chi connectivity index (χ3n) is 7.21. The Bertz CT molecular complexity index is 976. The van der Waals surface area contributed by atoms with Crippen molar-refractivity contribution in [3.05, 3.63) is 69.7 Å². The van der Waals surface area contributed by atoms with Gasteiger partial charge in [0.15, 0.2) is 0 Å². The molecule has 164 valence electrons. The van der Waals surface area contributed by atoms with Crippen molar-refractivity contribution in [2.45, 2.75) is 36.6 Å². The number of carbonyl (C=O) groups excluding carboxylic acids is 1. The van der Waals surface area contributed by atoms with E-state index in [-0.39, 0.29) is 30.6 Å². The van der Waals surface area contributed by atoms with Crippen LogP contribution in [0.5, 0.6) is 0 Å². The lowest BCUT2D eigenvalue weighted by Gasteiger charge is -2.40. The fourth-order valence-corrected chi connectivity index (χ4v) is 6.10. The second-order valence-electron chi connectivity index (χ2n) is 9.02. The topological polar surface area (TPSA) is 41.6 Å². The van der Waals surface area contributed by atoms with E-state index in [1.807, 2.05) is 6.07 Å². The standard InChI is InChI=1S/C25H28ClFN2O2/c26-17-5-6-20-21-14-25(23(20)13-17,22-4-2-1-3-19(21)22)16-29-10-7-18(8-11-29)28-24(30)15-31-12-9-27/h1-6,13,18,21H,7-12,14-16H2,(H,28,30). The van der Waals surface area contributed by atoms with Crippen LogP contribution in [0.1, 0.15) is 47.4 Å². The summed E-state index contributed by atoms with van der Waals surface area (Å²) in [6.45, 7) is 2.21. The van der Waals surface area contributed by atoms with E-state index < -0.39 is 6.67 Å². The Balaban J connectivity index is 1.28. The maximum absolute atomic E-state index is 12.1. The molecule has 2 aromatic carbocycles. The van der Waals surface area contributed by atoms with E-state index in [2.05, 4.69) is 46.6 Å². The van der Waals surface area contributed by atoms with Gasteiger partial charge >= 0.3 is 0 Å². The summed E-state index contributed by atoms with van der Waals surface area (Å²) in [6, 6.07) is 15.4. The van der Waals surface area contributed by atoms with Gasteiger partial charge < -0.3 is 15.0 Å². The van der Waals surface area contributed by atoms with Gasteiger partial charge in [0.05, 0.1) is 6.61 Å². The van der Waals surface area contributed by atoms with Crippen LogP contribution in [0, 0.1) is 0 Å². The monoisotopic (exact) mass is 442 g/mol. The van der Waals surface area contributed by atoms with Crippen LogP contribution in [0.25, 0.3) is 0 Å². The van der Waals surface area contributed by atoms with Crippen LogP contribution in [0.4, 0.5) is 4.39 Å². The number of likely N-dealkylation sites (tertiary alicyclic amines) is 1. The van der Waals surface area contributed by atoms with E-state index in [1.165, 1.54) is 22.3 Å². The van der Waals surface area contributed by atoms with Crippen molar-refractivity contribution in [3.63, 3.8) is 0 Å². The molecule has 2 bridgehead atoms. The summed E-state index contributed by atoms with van der Waals surface area (Å²) >= 11 is 6.42. The van der Waals surface area contributed by atoms with Crippen LogP contribution < -0.4 is 5.32 Å². The molecule has 5 rings (SSSR count). The van der Waals surface area contributed by atoms with Gasteiger partial charge in [-0.2, -0.15) is 0 Å². The Morgan fingerprint density at radius 3 is 2.74 bits per heavy atom. The molecule has 2 aromatic rings. The summed E-state index contributed by atoms with van der Waals surface area (Å²) in [5, 5.41) is 3.84. The Morgan fingerprint density at radius 2 is 1.94 bits per heavy atom. The summed E-state index contributed by atoms with van der Waals surface area (Å²) in [6.07, 6.45) is 2.95. The molecule has 3 aliphatic rings. The number of hydrogen-bond donors (Lipinski definition) is 1. The number of nitrogens with zero attached hydrogens (tertiary/aromatic N) is 1. The van der Waals surface area contributed by atoms with E-state index in [0.717, 1.165) is 43.9 Å². The minimum absolute atomic E-state index is 0.00220. The van der Waals surface area contributed by atoms with Gasteiger partial charge in [0.2, 0.25) is 5.91 Å². The highest BCUT2D eigenvalue weighted by Gasteiger charge is 2.53. The molecule has 0 aromatic heterocycles. The number of carbonyl (C=O) groups is 1. The summed E-state index contributed by atoms with van der Waals surface area (Å²) in [5.41, 5.74) is 5.74. The van der Waals surface area contributed by atoms with Crippen molar-refractivity contribution in [1.82, 2.24) is 10.2 Å².